The number of hydrogen-bond acceptors (Lipinski definition) is 12. The minimum Gasteiger partial charge on any atom is -0.461 e. The summed E-state index contributed by atoms with van der Waals surface area (Å²) in [4.78, 5) is 39.5. The third-order valence-electron chi connectivity index (χ3n) is 12.8. The highest BCUT2D eigenvalue weighted by Gasteiger charge is 2.53. The minimum atomic E-state index is -4.61. The number of anilines is 1. The van der Waals surface area contributed by atoms with Crippen molar-refractivity contribution in [3.8, 4) is 18.1 Å². The first kappa shape index (κ1) is 56.0. The number of nitrogens with one attached hydrogen (secondary N) is 1. The van der Waals surface area contributed by atoms with Crippen LogP contribution in [-0.2, 0) is 39.3 Å². The number of aromatic nitrogens is 4. The van der Waals surface area contributed by atoms with Crippen LogP contribution in [0.3, 0.4) is 0 Å². The van der Waals surface area contributed by atoms with Gasteiger partial charge in [-0.05, 0) is 56.2 Å². The monoisotopic (exact) mass is 989 g/mol. The van der Waals surface area contributed by atoms with Crippen molar-refractivity contribution in [3.63, 3.8) is 0 Å². The molecule has 5 rings (SSSR count). The van der Waals surface area contributed by atoms with E-state index in [9.17, 15) is 14.0 Å². The standard InChI is InChI=1S/C54H78FN6O8P/c1-5-9-11-13-15-17-19-21-27-34-43(35-28-22-20-18-16-14-12-10-6-2)66-52(63)45(38-42-32-25-23-26-33-42)60-70(64,69-44-36-29-24-30-37-44)65-40-54(8-4)46(67-48(62)31-7-3)39-47(68-54)61-41-57-49-50(56)58-53(55)59-51(49)61/h4,23-26,29-30,32-33,36-37,41,43,45-47H,5-7,9-22,27-28,31,34-35,38-40H2,1-3H3,(H,60,64)(H2,56,58,59)/t45-,46-,47+,54+,70-/m0/s1. The second kappa shape index (κ2) is 30.1. The van der Waals surface area contributed by atoms with E-state index in [0.29, 0.717) is 6.42 Å². The Bertz CT molecular complexity index is 2220. The van der Waals surface area contributed by atoms with E-state index in [-0.39, 0.29) is 48.1 Å². The van der Waals surface area contributed by atoms with Crippen molar-refractivity contribution in [2.75, 3.05) is 12.3 Å². The zero-order valence-electron chi connectivity index (χ0n) is 41.9. The van der Waals surface area contributed by atoms with Gasteiger partial charge in [0.05, 0.1) is 6.33 Å². The van der Waals surface area contributed by atoms with E-state index in [2.05, 4.69) is 39.8 Å². The summed E-state index contributed by atoms with van der Waals surface area (Å²) in [7, 11) is -4.61. The number of nitrogens with zero attached hydrogens (tertiary/aromatic N) is 4. The molecule has 0 saturated carbocycles. The van der Waals surface area contributed by atoms with Crippen LogP contribution in [0.5, 0.6) is 5.75 Å². The molecule has 0 radical (unpaired) electrons. The lowest BCUT2D eigenvalue weighted by atomic mass is 9.98. The molecule has 1 fully saturated rings. The fraction of sp³-hybridized carbons (Fsp3) is 0.611. The summed E-state index contributed by atoms with van der Waals surface area (Å²) in [5.74, 6) is 1.50. The fourth-order valence-electron chi connectivity index (χ4n) is 8.88. The Morgan fingerprint density at radius 2 is 1.43 bits per heavy atom. The quantitative estimate of drug-likeness (QED) is 0.0146. The van der Waals surface area contributed by atoms with E-state index in [0.717, 1.165) is 56.9 Å². The molecular formula is C54H78FN6O8P. The number of nitrogens with two attached hydrogens (primary N) is 1. The number of halogens is 1. The average Bonchev–Trinajstić information content (AvgIpc) is 3.94. The van der Waals surface area contributed by atoms with Gasteiger partial charge in [0.2, 0.25) is 0 Å². The number of hydrogen-bond donors (Lipinski definition) is 2. The Kier molecular flexibility index (Phi) is 24.1. The highest BCUT2D eigenvalue weighted by Crippen LogP contribution is 2.49. The lowest BCUT2D eigenvalue weighted by Gasteiger charge is -2.31. The Morgan fingerprint density at radius 3 is 2.00 bits per heavy atom. The van der Waals surface area contributed by atoms with Gasteiger partial charge < -0.3 is 24.5 Å². The van der Waals surface area contributed by atoms with Crippen molar-refractivity contribution >= 4 is 36.7 Å². The van der Waals surface area contributed by atoms with E-state index >= 15 is 4.57 Å². The largest absolute Gasteiger partial charge is 0.461 e. The first-order chi connectivity index (χ1) is 34.0. The van der Waals surface area contributed by atoms with Gasteiger partial charge in [-0.1, -0.05) is 178 Å². The number of rotatable bonds is 35. The smallest absolute Gasteiger partial charge is 0.459 e. The maximum atomic E-state index is 15.4. The van der Waals surface area contributed by atoms with Crippen molar-refractivity contribution in [2.45, 2.75) is 205 Å². The first-order valence-electron chi connectivity index (χ1n) is 26.0. The second-order valence-corrected chi connectivity index (χ2v) is 20.3. The van der Waals surface area contributed by atoms with E-state index < -0.39 is 56.3 Å². The Labute approximate surface area is 415 Å². The van der Waals surface area contributed by atoms with E-state index in [1.165, 1.54) is 87.9 Å². The molecule has 2 aromatic heterocycles. The number of unbranched alkanes of at least 4 members (excludes halogenated alkanes) is 16. The Morgan fingerprint density at radius 1 is 0.857 bits per heavy atom. The fourth-order valence-corrected chi connectivity index (χ4v) is 10.4. The van der Waals surface area contributed by atoms with Crippen molar-refractivity contribution < 1.29 is 41.8 Å². The van der Waals surface area contributed by atoms with Crippen molar-refractivity contribution in [1.82, 2.24) is 24.6 Å². The van der Waals surface area contributed by atoms with E-state index in [1.807, 2.05) is 37.3 Å². The second-order valence-electron chi connectivity index (χ2n) is 18.6. The van der Waals surface area contributed by atoms with Crippen LogP contribution in [-0.4, -0.2) is 61.9 Å². The SMILES string of the molecule is C#C[C@]1(CO[P@@](=O)(N[C@@H](Cc2ccccc2)C(=O)OC(CCCCCCCCCCC)CCCCCCCCCCC)Oc2ccccc2)O[C@@H](n2cnc3c(N)nc(F)nc32)C[C@@H]1OC(=O)CCC. The van der Waals surface area contributed by atoms with Crippen LogP contribution in [0.1, 0.15) is 180 Å². The molecule has 3 heterocycles. The van der Waals surface area contributed by atoms with Gasteiger partial charge in [-0.3, -0.25) is 18.7 Å². The molecular weight excluding hydrogens is 911 g/mol. The van der Waals surface area contributed by atoms with Gasteiger partial charge in [0.15, 0.2) is 22.6 Å². The number of esters is 2. The molecule has 0 amide bonds. The number of fused-ring (bicyclic) bond motifs is 1. The van der Waals surface area contributed by atoms with Crippen molar-refractivity contribution in [1.29, 1.82) is 0 Å². The molecule has 1 aliphatic rings. The van der Waals surface area contributed by atoms with Gasteiger partial charge in [-0.15, -0.1) is 6.42 Å². The van der Waals surface area contributed by atoms with E-state index in [4.69, 9.17) is 35.4 Å². The van der Waals surface area contributed by atoms with Crippen LogP contribution in [0.25, 0.3) is 11.2 Å². The lowest BCUT2D eigenvalue weighted by molar-refractivity contribution is -0.158. The van der Waals surface area contributed by atoms with E-state index in [1.54, 1.807) is 30.3 Å². The summed E-state index contributed by atoms with van der Waals surface area (Å²) in [6.45, 7) is 5.66. The number of para-hydroxylation sites is 1. The molecule has 2 aromatic carbocycles. The Balaban J connectivity index is 1.38. The number of ether oxygens (including phenoxy) is 3. The van der Waals surface area contributed by atoms with Gasteiger partial charge in [-0.2, -0.15) is 19.4 Å². The van der Waals surface area contributed by atoms with Crippen LogP contribution in [0, 0.1) is 18.4 Å². The molecule has 0 spiro atoms. The van der Waals surface area contributed by atoms with Crippen molar-refractivity contribution in [2.24, 2.45) is 0 Å². The molecule has 14 nitrogen and oxygen atoms in total. The number of carbonyl (C=O) groups is 2. The normalized spacial score (nSPS) is 18.1. The molecule has 1 saturated heterocycles. The van der Waals surface area contributed by atoms with Crippen LogP contribution in [0.15, 0.2) is 67.0 Å². The highest BCUT2D eigenvalue weighted by molar-refractivity contribution is 7.52. The van der Waals surface area contributed by atoms with Gasteiger partial charge in [-0.25, -0.2) is 9.55 Å². The molecule has 16 heteroatoms. The predicted octanol–water partition coefficient (Wildman–Crippen LogP) is 12.7. The molecule has 4 aromatic rings. The van der Waals surface area contributed by atoms with Gasteiger partial charge in [0.25, 0.3) is 0 Å². The average molecular weight is 989 g/mol. The molecule has 0 unspecified atom stereocenters. The van der Waals surface area contributed by atoms with Crippen LogP contribution < -0.4 is 15.3 Å². The number of benzene rings is 2. The summed E-state index contributed by atoms with van der Waals surface area (Å²) in [5.41, 5.74) is 5.03. The number of nitrogen functional groups attached to an aromatic ring is 1. The summed E-state index contributed by atoms with van der Waals surface area (Å²) in [5, 5.41) is 2.98. The highest BCUT2D eigenvalue weighted by atomic mass is 31.2. The summed E-state index contributed by atoms with van der Waals surface area (Å²) in [6, 6.07) is 16.6. The third-order valence-corrected chi connectivity index (χ3v) is 14.4. The number of terminal acetylenes is 1. The first-order valence-corrected chi connectivity index (χ1v) is 27.6. The lowest BCUT2D eigenvalue weighted by Crippen LogP contribution is -2.46. The molecule has 1 aliphatic heterocycles. The molecule has 0 bridgehead atoms. The molecule has 384 valence electrons. The summed E-state index contributed by atoms with van der Waals surface area (Å²) >= 11 is 0. The van der Waals surface area contributed by atoms with Crippen LogP contribution >= 0.6 is 7.75 Å². The zero-order valence-corrected chi connectivity index (χ0v) is 42.8. The van der Waals surface area contributed by atoms with Gasteiger partial charge in [0.1, 0.15) is 36.8 Å². The Hall–Kier alpha value is -4.87. The third kappa shape index (κ3) is 18.1. The maximum absolute atomic E-state index is 15.4. The zero-order chi connectivity index (χ0) is 50.0. The number of carbonyl (C=O) groups excluding carboxylic acids is 2. The molecule has 70 heavy (non-hydrogen) atoms. The summed E-state index contributed by atoms with van der Waals surface area (Å²) < 4.78 is 62.6. The molecule has 0 aliphatic carbocycles. The maximum Gasteiger partial charge on any atom is 0.459 e. The van der Waals surface area contributed by atoms with Crippen molar-refractivity contribution in [3.05, 3.63) is 78.6 Å². The summed E-state index contributed by atoms with van der Waals surface area (Å²) in [6.07, 6.45) is 27.4. The topological polar surface area (TPSA) is 179 Å². The number of imidazole rings is 1. The van der Waals surface area contributed by atoms with Crippen LogP contribution in [0.2, 0.25) is 0 Å². The van der Waals surface area contributed by atoms with Crippen LogP contribution in [0.4, 0.5) is 10.2 Å². The predicted molar refractivity (Wildman–Crippen MR) is 272 cm³/mol. The molecule has 3 N–H and O–H groups in total. The molecule has 5 atom stereocenters. The minimum absolute atomic E-state index is 0.0262. The van der Waals surface area contributed by atoms with Gasteiger partial charge >= 0.3 is 25.8 Å². The van der Waals surface area contributed by atoms with Gasteiger partial charge in [0, 0.05) is 12.8 Å².